The zero-order valence-corrected chi connectivity index (χ0v) is 11.9. The zero-order chi connectivity index (χ0) is 14.0. The molecular formula is C12H16ClN5O. The predicted molar refractivity (Wildman–Crippen MR) is 72.0 cm³/mol. The summed E-state index contributed by atoms with van der Waals surface area (Å²) in [7, 11) is 1.72. The number of aromatic nitrogens is 4. The molecular weight excluding hydrogens is 266 g/mol. The number of hydrogen-bond acceptors (Lipinski definition) is 3. The van der Waals surface area contributed by atoms with Gasteiger partial charge in [-0.1, -0.05) is 11.6 Å². The third kappa shape index (κ3) is 2.78. The first-order valence-electron chi connectivity index (χ1n) is 6.00. The Labute approximate surface area is 116 Å². The van der Waals surface area contributed by atoms with Crippen molar-refractivity contribution < 1.29 is 4.79 Å². The molecule has 0 aliphatic carbocycles. The Morgan fingerprint density at radius 1 is 1.58 bits per heavy atom. The van der Waals surface area contributed by atoms with E-state index < -0.39 is 0 Å². The highest BCUT2D eigenvalue weighted by molar-refractivity contribution is 6.33. The van der Waals surface area contributed by atoms with Crippen molar-refractivity contribution >= 4 is 17.5 Å². The van der Waals surface area contributed by atoms with Gasteiger partial charge in [-0.25, -0.2) is 0 Å². The quantitative estimate of drug-likeness (QED) is 0.930. The molecule has 0 unspecified atom stereocenters. The minimum atomic E-state index is -0.189. The second-order valence-corrected chi connectivity index (χ2v) is 4.76. The monoisotopic (exact) mass is 281 g/mol. The minimum Gasteiger partial charge on any atom is -0.336 e. The van der Waals surface area contributed by atoms with Gasteiger partial charge in [0.25, 0.3) is 5.91 Å². The first-order chi connectivity index (χ1) is 9.02. The van der Waals surface area contributed by atoms with E-state index in [-0.39, 0.29) is 5.91 Å². The highest BCUT2D eigenvalue weighted by Crippen LogP contribution is 2.15. The summed E-state index contributed by atoms with van der Waals surface area (Å²) in [6.07, 6.45) is 3.37. The summed E-state index contributed by atoms with van der Waals surface area (Å²) < 4.78 is 1.85. The molecule has 2 aromatic rings. The molecule has 0 radical (unpaired) electrons. The van der Waals surface area contributed by atoms with Gasteiger partial charge in [-0.05, 0) is 13.8 Å². The van der Waals surface area contributed by atoms with E-state index in [1.165, 1.54) is 6.20 Å². The molecule has 102 valence electrons. The number of rotatable bonds is 4. The highest BCUT2D eigenvalue weighted by atomic mass is 35.5. The van der Waals surface area contributed by atoms with E-state index in [2.05, 4.69) is 15.3 Å². The van der Waals surface area contributed by atoms with E-state index in [0.717, 1.165) is 17.8 Å². The number of carbonyl (C=O) groups is 1. The van der Waals surface area contributed by atoms with Crippen molar-refractivity contribution in [2.75, 3.05) is 7.05 Å². The summed E-state index contributed by atoms with van der Waals surface area (Å²) in [5, 5.41) is 11.0. The van der Waals surface area contributed by atoms with Gasteiger partial charge in [0.2, 0.25) is 0 Å². The summed E-state index contributed by atoms with van der Waals surface area (Å²) in [5.74, 6) is -0.189. The number of nitrogens with zero attached hydrogens (tertiary/aromatic N) is 4. The molecule has 0 bridgehead atoms. The van der Waals surface area contributed by atoms with Crippen LogP contribution in [0, 0.1) is 6.92 Å². The van der Waals surface area contributed by atoms with Crippen LogP contribution in [0.3, 0.4) is 0 Å². The average Bonchev–Trinajstić information content (AvgIpc) is 2.95. The molecule has 0 aliphatic heterocycles. The van der Waals surface area contributed by atoms with Crippen LogP contribution in [0.5, 0.6) is 0 Å². The molecule has 0 spiro atoms. The molecule has 0 fully saturated rings. The Hall–Kier alpha value is -1.82. The maximum absolute atomic E-state index is 12.2. The first kappa shape index (κ1) is 13.6. The van der Waals surface area contributed by atoms with E-state index in [9.17, 15) is 4.79 Å². The van der Waals surface area contributed by atoms with E-state index in [4.69, 9.17) is 11.6 Å². The number of H-pyrrole nitrogens is 1. The lowest BCUT2D eigenvalue weighted by molar-refractivity contribution is 0.0779. The lowest BCUT2D eigenvalue weighted by Gasteiger charge is -2.15. The Morgan fingerprint density at radius 3 is 2.84 bits per heavy atom. The molecule has 2 aromatic heterocycles. The van der Waals surface area contributed by atoms with Gasteiger partial charge in [0, 0.05) is 31.9 Å². The molecule has 19 heavy (non-hydrogen) atoms. The Balaban J connectivity index is 2.12. The number of amides is 1. The van der Waals surface area contributed by atoms with Crippen LogP contribution in [0.4, 0.5) is 0 Å². The van der Waals surface area contributed by atoms with Crippen molar-refractivity contribution in [3.63, 3.8) is 0 Å². The Bertz CT molecular complexity index is 589. The van der Waals surface area contributed by atoms with Crippen LogP contribution in [0.2, 0.25) is 5.02 Å². The number of carbonyl (C=O) groups excluding carboxylic acids is 1. The first-order valence-corrected chi connectivity index (χ1v) is 6.38. The SMILES string of the molecule is CCn1cc(CN(C)C(=O)c2[nH]ncc2Cl)c(C)n1. The summed E-state index contributed by atoms with van der Waals surface area (Å²) in [5.41, 5.74) is 2.26. The van der Waals surface area contributed by atoms with Crippen molar-refractivity contribution in [2.24, 2.45) is 0 Å². The van der Waals surface area contributed by atoms with E-state index in [1.807, 2.05) is 24.7 Å². The smallest absolute Gasteiger partial charge is 0.273 e. The molecule has 0 saturated heterocycles. The van der Waals surface area contributed by atoms with Crippen LogP contribution in [-0.4, -0.2) is 37.8 Å². The standard InChI is InChI=1S/C12H16ClN5O/c1-4-18-7-9(8(2)16-18)6-17(3)12(19)11-10(13)5-14-15-11/h5,7H,4,6H2,1-3H3,(H,14,15). The van der Waals surface area contributed by atoms with Crippen LogP contribution in [0.1, 0.15) is 28.7 Å². The van der Waals surface area contributed by atoms with Gasteiger partial charge in [0.15, 0.2) is 0 Å². The van der Waals surface area contributed by atoms with Crippen LogP contribution < -0.4 is 0 Å². The number of nitrogens with one attached hydrogen (secondary N) is 1. The molecule has 1 N–H and O–H groups in total. The molecule has 2 heterocycles. The topological polar surface area (TPSA) is 66.8 Å². The summed E-state index contributed by atoms with van der Waals surface area (Å²) in [4.78, 5) is 13.7. The molecule has 0 atom stereocenters. The maximum atomic E-state index is 12.2. The number of hydrogen-bond donors (Lipinski definition) is 1. The number of aryl methyl sites for hydroxylation is 2. The minimum absolute atomic E-state index is 0.189. The van der Waals surface area contributed by atoms with Gasteiger partial charge in [-0.2, -0.15) is 10.2 Å². The molecule has 2 rings (SSSR count). The second kappa shape index (κ2) is 5.44. The van der Waals surface area contributed by atoms with Gasteiger partial charge < -0.3 is 4.90 Å². The van der Waals surface area contributed by atoms with Gasteiger partial charge in [0.1, 0.15) is 5.69 Å². The summed E-state index contributed by atoms with van der Waals surface area (Å²) in [6.45, 7) is 5.25. The van der Waals surface area contributed by atoms with Crippen LogP contribution in [0.25, 0.3) is 0 Å². The Morgan fingerprint density at radius 2 is 2.32 bits per heavy atom. The van der Waals surface area contributed by atoms with Gasteiger partial charge in [-0.15, -0.1) is 0 Å². The lowest BCUT2D eigenvalue weighted by Crippen LogP contribution is -2.27. The van der Waals surface area contributed by atoms with Gasteiger partial charge in [0.05, 0.1) is 16.9 Å². The summed E-state index contributed by atoms with van der Waals surface area (Å²) in [6, 6.07) is 0. The third-order valence-electron chi connectivity index (χ3n) is 2.93. The predicted octanol–water partition coefficient (Wildman–Crippen LogP) is 1.86. The van der Waals surface area contributed by atoms with Crippen molar-refractivity contribution in [1.82, 2.24) is 24.9 Å². The molecule has 1 amide bonds. The number of aromatic amines is 1. The molecule has 0 saturated carbocycles. The largest absolute Gasteiger partial charge is 0.336 e. The van der Waals surface area contributed by atoms with Crippen LogP contribution in [-0.2, 0) is 13.1 Å². The van der Waals surface area contributed by atoms with Gasteiger partial charge in [-0.3, -0.25) is 14.6 Å². The molecule has 7 heteroatoms. The van der Waals surface area contributed by atoms with Crippen molar-refractivity contribution in [3.05, 3.63) is 34.4 Å². The van der Waals surface area contributed by atoms with Crippen molar-refractivity contribution in [2.45, 2.75) is 26.9 Å². The zero-order valence-electron chi connectivity index (χ0n) is 11.1. The van der Waals surface area contributed by atoms with E-state index in [0.29, 0.717) is 17.3 Å². The lowest BCUT2D eigenvalue weighted by atomic mass is 10.2. The average molecular weight is 282 g/mol. The Kier molecular flexibility index (Phi) is 3.90. The van der Waals surface area contributed by atoms with E-state index in [1.54, 1.807) is 11.9 Å². The third-order valence-corrected chi connectivity index (χ3v) is 3.22. The van der Waals surface area contributed by atoms with Crippen molar-refractivity contribution in [1.29, 1.82) is 0 Å². The molecule has 0 aromatic carbocycles. The maximum Gasteiger partial charge on any atom is 0.273 e. The highest BCUT2D eigenvalue weighted by Gasteiger charge is 2.18. The van der Waals surface area contributed by atoms with Crippen LogP contribution in [0.15, 0.2) is 12.4 Å². The van der Waals surface area contributed by atoms with Crippen LogP contribution >= 0.6 is 11.6 Å². The normalized spacial score (nSPS) is 10.7. The van der Waals surface area contributed by atoms with Gasteiger partial charge >= 0.3 is 0 Å². The molecule has 6 nitrogen and oxygen atoms in total. The van der Waals surface area contributed by atoms with Crippen molar-refractivity contribution in [3.8, 4) is 0 Å². The number of halogens is 1. The molecule has 0 aliphatic rings. The summed E-state index contributed by atoms with van der Waals surface area (Å²) >= 11 is 5.88. The second-order valence-electron chi connectivity index (χ2n) is 4.35. The van der Waals surface area contributed by atoms with E-state index >= 15 is 0 Å². The fourth-order valence-corrected chi connectivity index (χ4v) is 1.99. The fourth-order valence-electron chi connectivity index (χ4n) is 1.82. The fraction of sp³-hybridized carbons (Fsp3) is 0.417.